The van der Waals surface area contributed by atoms with E-state index >= 15 is 0 Å². The minimum Gasteiger partial charge on any atom is -0.478 e. The van der Waals surface area contributed by atoms with Crippen molar-refractivity contribution < 1.29 is 14.7 Å². The van der Waals surface area contributed by atoms with Crippen LogP contribution in [0, 0.1) is 0 Å². The lowest BCUT2D eigenvalue weighted by Gasteiger charge is -2.08. The van der Waals surface area contributed by atoms with Crippen LogP contribution in [0.4, 0.5) is 5.82 Å². The van der Waals surface area contributed by atoms with Crippen LogP contribution in [0.25, 0.3) is 0 Å². The number of rotatable bonds is 7. The number of hydrogen-bond acceptors (Lipinski definition) is 4. The molecule has 0 radical (unpaired) electrons. The summed E-state index contributed by atoms with van der Waals surface area (Å²) in [5.41, 5.74) is 0.910. The van der Waals surface area contributed by atoms with Crippen molar-refractivity contribution in [1.29, 1.82) is 0 Å². The molecule has 0 aliphatic rings. The highest BCUT2D eigenvalue weighted by Crippen LogP contribution is 2.11. The number of nitrogens with one attached hydrogen (secondary N) is 2. The molecule has 1 amide bonds. The Balaban J connectivity index is 2.64. The van der Waals surface area contributed by atoms with Gasteiger partial charge in [0.1, 0.15) is 5.82 Å². The molecular weight excluding hydrogens is 246 g/mol. The Morgan fingerprint density at radius 3 is 2.63 bits per heavy atom. The Bertz CT molecular complexity index is 460. The van der Waals surface area contributed by atoms with E-state index in [0.717, 1.165) is 0 Å². The molecule has 0 unspecified atom stereocenters. The van der Waals surface area contributed by atoms with Crippen molar-refractivity contribution in [3.63, 3.8) is 0 Å². The Morgan fingerprint density at radius 2 is 2.05 bits per heavy atom. The first kappa shape index (κ1) is 14.9. The highest BCUT2D eigenvalue weighted by molar-refractivity contribution is 5.88. The van der Waals surface area contributed by atoms with Crippen molar-refractivity contribution in [2.75, 3.05) is 18.4 Å². The zero-order valence-corrected chi connectivity index (χ0v) is 11.2. The number of aryl methyl sites for hydroxylation is 1. The van der Waals surface area contributed by atoms with Crippen LogP contribution in [0.15, 0.2) is 12.1 Å². The number of pyridine rings is 1. The van der Waals surface area contributed by atoms with E-state index in [2.05, 4.69) is 15.6 Å². The summed E-state index contributed by atoms with van der Waals surface area (Å²) in [6, 6.07) is 3.02. The Morgan fingerprint density at radius 1 is 1.32 bits per heavy atom. The number of aromatic nitrogens is 1. The van der Waals surface area contributed by atoms with Gasteiger partial charge in [-0.3, -0.25) is 4.79 Å². The van der Waals surface area contributed by atoms with E-state index in [1.165, 1.54) is 6.07 Å². The number of carbonyl (C=O) groups is 2. The standard InChI is InChI=1S/C13H19N3O3/c1-3-10-7-9(13(18)19)8-11(16-10)15-6-5-12(17)14-4-2/h7-8H,3-6H2,1-2H3,(H,14,17)(H,15,16)(H,18,19). The second kappa shape index (κ2) is 7.35. The molecule has 104 valence electrons. The summed E-state index contributed by atoms with van der Waals surface area (Å²) in [7, 11) is 0. The van der Waals surface area contributed by atoms with Gasteiger partial charge in [-0.25, -0.2) is 9.78 Å². The Hall–Kier alpha value is -2.11. The van der Waals surface area contributed by atoms with Crippen LogP contribution >= 0.6 is 0 Å². The lowest BCUT2D eigenvalue weighted by Crippen LogP contribution is -2.24. The quantitative estimate of drug-likeness (QED) is 0.690. The third-order valence-corrected chi connectivity index (χ3v) is 2.52. The van der Waals surface area contributed by atoms with Crippen LogP contribution in [-0.4, -0.2) is 35.1 Å². The number of aromatic carboxylic acids is 1. The molecule has 0 saturated heterocycles. The average molecular weight is 265 g/mol. The molecule has 0 fully saturated rings. The minimum absolute atomic E-state index is 0.0416. The zero-order chi connectivity index (χ0) is 14.3. The predicted molar refractivity (Wildman–Crippen MR) is 72.4 cm³/mol. The van der Waals surface area contributed by atoms with Crippen LogP contribution in [-0.2, 0) is 11.2 Å². The van der Waals surface area contributed by atoms with E-state index in [4.69, 9.17) is 5.11 Å². The summed E-state index contributed by atoms with van der Waals surface area (Å²) in [6.07, 6.45) is 0.987. The molecular formula is C13H19N3O3. The number of carbonyl (C=O) groups excluding carboxylic acids is 1. The number of carboxylic acid groups (broad SMARTS) is 1. The maximum absolute atomic E-state index is 11.3. The second-order valence-electron chi connectivity index (χ2n) is 4.02. The summed E-state index contributed by atoms with van der Waals surface area (Å²) >= 11 is 0. The third kappa shape index (κ3) is 4.95. The summed E-state index contributed by atoms with van der Waals surface area (Å²) < 4.78 is 0. The van der Waals surface area contributed by atoms with Crippen molar-refractivity contribution >= 4 is 17.7 Å². The lowest BCUT2D eigenvalue weighted by atomic mass is 10.2. The fourth-order valence-corrected chi connectivity index (χ4v) is 1.57. The van der Waals surface area contributed by atoms with Gasteiger partial charge in [0, 0.05) is 25.2 Å². The Labute approximate surface area is 112 Å². The summed E-state index contributed by atoms with van der Waals surface area (Å²) in [5.74, 6) is -0.537. The molecule has 19 heavy (non-hydrogen) atoms. The fraction of sp³-hybridized carbons (Fsp3) is 0.462. The van der Waals surface area contributed by atoms with Crippen LogP contribution < -0.4 is 10.6 Å². The van der Waals surface area contributed by atoms with Crippen molar-refractivity contribution in [2.45, 2.75) is 26.7 Å². The molecule has 0 aromatic carbocycles. The van der Waals surface area contributed by atoms with Gasteiger partial charge >= 0.3 is 5.97 Å². The third-order valence-electron chi connectivity index (χ3n) is 2.52. The molecule has 1 aromatic rings. The number of hydrogen-bond donors (Lipinski definition) is 3. The molecule has 1 rings (SSSR count). The predicted octanol–water partition coefficient (Wildman–Crippen LogP) is 1.28. The van der Waals surface area contributed by atoms with Gasteiger partial charge in [0.25, 0.3) is 0 Å². The number of amides is 1. The molecule has 6 heteroatoms. The highest BCUT2D eigenvalue weighted by atomic mass is 16.4. The number of nitrogens with zero attached hydrogens (tertiary/aromatic N) is 1. The summed E-state index contributed by atoms with van der Waals surface area (Å²) in [6.45, 7) is 4.79. The molecule has 0 aliphatic heterocycles. The maximum Gasteiger partial charge on any atom is 0.335 e. The Kier molecular flexibility index (Phi) is 5.78. The van der Waals surface area contributed by atoms with Crippen molar-refractivity contribution in [1.82, 2.24) is 10.3 Å². The van der Waals surface area contributed by atoms with Crippen molar-refractivity contribution in [3.8, 4) is 0 Å². The van der Waals surface area contributed by atoms with Gasteiger partial charge in [0.15, 0.2) is 0 Å². The topological polar surface area (TPSA) is 91.3 Å². The fourth-order valence-electron chi connectivity index (χ4n) is 1.57. The van der Waals surface area contributed by atoms with Crippen LogP contribution in [0.2, 0.25) is 0 Å². The normalized spacial score (nSPS) is 10.0. The zero-order valence-electron chi connectivity index (χ0n) is 11.2. The average Bonchev–Trinajstić information content (AvgIpc) is 2.38. The first-order chi connectivity index (χ1) is 9.06. The van der Waals surface area contributed by atoms with Gasteiger partial charge < -0.3 is 15.7 Å². The molecule has 0 bridgehead atoms. The highest BCUT2D eigenvalue weighted by Gasteiger charge is 2.08. The van der Waals surface area contributed by atoms with E-state index < -0.39 is 5.97 Å². The van der Waals surface area contributed by atoms with Gasteiger partial charge in [-0.2, -0.15) is 0 Å². The van der Waals surface area contributed by atoms with Gasteiger partial charge in [-0.1, -0.05) is 6.92 Å². The minimum atomic E-state index is -0.983. The second-order valence-corrected chi connectivity index (χ2v) is 4.02. The van der Waals surface area contributed by atoms with Crippen LogP contribution in [0.3, 0.4) is 0 Å². The van der Waals surface area contributed by atoms with Gasteiger partial charge in [-0.05, 0) is 25.5 Å². The lowest BCUT2D eigenvalue weighted by molar-refractivity contribution is -0.120. The van der Waals surface area contributed by atoms with E-state index in [-0.39, 0.29) is 11.5 Å². The molecule has 0 atom stereocenters. The van der Waals surface area contributed by atoms with Crippen LogP contribution in [0.5, 0.6) is 0 Å². The van der Waals surface area contributed by atoms with Crippen molar-refractivity contribution in [2.24, 2.45) is 0 Å². The van der Waals surface area contributed by atoms with Crippen molar-refractivity contribution in [3.05, 3.63) is 23.4 Å². The summed E-state index contributed by atoms with van der Waals surface area (Å²) in [4.78, 5) is 26.5. The summed E-state index contributed by atoms with van der Waals surface area (Å²) in [5, 5.41) is 14.7. The van der Waals surface area contributed by atoms with Crippen LogP contribution in [0.1, 0.15) is 36.3 Å². The molecule has 1 heterocycles. The van der Waals surface area contributed by atoms with Gasteiger partial charge in [0.2, 0.25) is 5.91 Å². The van der Waals surface area contributed by atoms with E-state index in [1.807, 2.05) is 13.8 Å². The van der Waals surface area contributed by atoms with E-state index in [1.54, 1.807) is 6.07 Å². The molecule has 3 N–H and O–H groups in total. The largest absolute Gasteiger partial charge is 0.478 e. The maximum atomic E-state index is 11.3. The molecule has 1 aromatic heterocycles. The molecule has 0 spiro atoms. The molecule has 0 aliphatic carbocycles. The van der Waals surface area contributed by atoms with E-state index in [9.17, 15) is 9.59 Å². The molecule has 6 nitrogen and oxygen atoms in total. The first-order valence-electron chi connectivity index (χ1n) is 6.31. The molecule has 0 saturated carbocycles. The first-order valence-corrected chi connectivity index (χ1v) is 6.31. The number of carboxylic acids is 1. The number of anilines is 1. The van der Waals surface area contributed by atoms with Gasteiger partial charge in [0.05, 0.1) is 5.56 Å². The van der Waals surface area contributed by atoms with E-state index in [0.29, 0.717) is 37.4 Å². The monoisotopic (exact) mass is 265 g/mol. The smallest absolute Gasteiger partial charge is 0.335 e. The van der Waals surface area contributed by atoms with Gasteiger partial charge in [-0.15, -0.1) is 0 Å². The SMILES string of the molecule is CCNC(=O)CCNc1cc(C(=O)O)cc(CC)n1.